The lowest BCUT2D eigenvalue weighted by atomic mass is 9.88. The molecule has 1 aliphatic heterocycles. The number of aryl methyl sites for hydroxylation is 1. The van der Waals surface area contributed by atoms with Crippen LogP contribution in [-0.4, -0.2) is 84.1 Å². The lowest BCUT2D eigenvalue weighted by Crippen LogP contribution is -2.45. The Bertz CT molecular complexity index is 1770. The number of nitrogens with one attached hydrogen (secondary N) is 1. The fourth-order valence-electron chi connectivity index (χ4n) is 6.17. The summed E-state index contributed by atoms with van der Waals surface area (Å²) in [4.78, 5) is 16.7. The molecule has 1 aliphatic carbocycles. The summed E-state index contributed by atoms with van der Waals surface area (Å²) in [6.45, 7) is 14.5. The topological polar surface area (TPSA) is 114 Å². The van der Waals surface area contributed by atoms with Gasteiger partial charge in [0.05, 0.1) is 63.0 Å². The lowest BCUT2D eigenvalue weighted by Gasteiger charge is -2.38. The fourth-order valence-corrected chi connectivity index (χ4v) is 7.22. The van der Waals surface area contributed by atoms with Gasteiger partial charge in [0.2, 0.25) is 11.7 Å². The van der Waals surface area contributed by atoms with E-state index in [0.29, 0.717) is 47.0 Å². The molecule has 2 aliphatic rings. The molecule has 6 rings (SSSR count). The van der Waals surface area contributed by atoms with Gasteiger partial charge in [-0.2, -0.15) is 15.1 Å². The highest BCUT2D eigenvalue weighted by Gasteiger charge is 2.48. The molecule has 1 N–H and O–H groups in total. The third kappa shape index (κ3) is 6.29. The van der Waals surface area contributed by atoms with Crippen LogP contribution in [0.15, 0.2) is 24.7 Å². The number of hydrogen-bond acceptors (Lipinski definition) is 10. The molecule has 12 nitrogen and oxygen atoms in total. The van der Waals surface area contributed by atoms with Gasteiger partial charge in [-0.1, -0.05) is 20.8 Å². The Morgan fingerprint density at radius 3 is 2.33 bits per heavy atom. The van der Waals surface area contributed by atoms with Crippen LogP contribution < -0.4 is 24.4 Å². The highest BCUT2D eigenvalue weighted by Crippen LogP contribution is 2.47. The van der Waals surface area contributed by atoms with Crippen LogP contribution in [0.2, 0.25) is 18.1 Å². The Labute approximate surface area is 280 Å². The Morgan fingerprint density at radius 2 is 1.73 bits per heavy atom. The smallest absolute Gasteiger partial charge is 0.252 e. The van der Waals surface area contributed by atoms with Gasteiger partial charge in [-0.25, -0.2) is 18.4 Å². The normalized spacial score (nSPS) is 18.3. The van der Waals surface area contributed by atoms with E-state index in [1.54, 1.807) is 38.5 Å². The van der Waals surface area contributed by atoms with Crippen molar-refractivity contribution >= 4 is 36.9 Å². The molecule has 0 radical (unpaired) electrons. The van der Waals surface area contributed by atoms with Crippen molar-refractivity contribution in [3.8, 4) is 22.9 Å². The number of nitrogens with zero attached hydrogens (tertiary/aromatic N) is 7. The number of imidazole rings is 1. The summed E-state index contributed by atoms with van der Waals surface area (Å²) in [7, 11) is 2.70. The van der Waals surface area contributed by atoms with Gasteiger partial charge < -0.3 is 33.4 Å². The molecule has 1 aromatic carbocycles. The van der Waals surface area contributed by atoms with E-state index in [1.165, 1.54) is 0 Å². The molecular weight excluding hydrogens is 638 g/mol. The van der Waals surface area contributed by atoms with E-state index in [2.05, 4.69) is 49.1 Å². The van der Waals surface area contributed by atoms with Crippen molar-refractivity contribution in [2.75, 3.05) is 44.7 Å². The van der Waals surface area contributed by atoms with Gasteiger partial charge in [-0.05, 0) is 37.9 Å². The Hall–Kier alpha value is -3.98. The maximum absolute atomic E-state index is 14.0. The summed E-state index contributed by atoms with van der Waals surface area (Å²) in [6, 6.07) is 3.31. The summed E-state index contributed by atoms with van der Waals surface area (Å²) in [5, 5.41) is 8.87. The first-order valence-corrected chi connectivity index (χ1v) is 19.2. The summed E-state index contributed by atoms with van der Waals surface area (Å²) >= 11 is 0. The zero-order valence-corrected chi connectivity index (χ0v) is 30.2. The van der Waals surface area contributed by atoms with Crippen molar-refractivity contribution in [3.63, 3.8) is 0 Å². The summed E-state index contributed by atoms with van der Waals surface area (Å²) in [5.41, 5.74) is 1.98. The quantitative estimate of drug-likeness (QED) is 0.165. The minimum atomic E-state index is -2.70. The molecule has 4 heterocycles. The van der Waals surface area contributed by atoms with Crippen molar-refractivity contribution in [2.45, 2.75) is 89.5 Å². The molecular formula is C33H46F2N8O4Si. The van der Waals surface area contributed by atoms with Crippen molar-refractivity contribution in [1.29, 1.82) is 0 Å². The van der Waals surface area contributed by atoms with Gasteiger partial charge in [0.1, 0.15) is 12.1 Å². The number of hydrogen-bond donors (Lipinski definition) is 1. The first-order chi connectivity index (χ1) is 22.6. The molecule has 4 aromatic rings. The molecule has 1 unspecified atom stereocenters. The van der Waals surface area contributed by atoms with Gasteiger partial charge in [0.25, 0.3) is 5.92 Å². The van der Waals surface area contributed by atoms with Gasteiger partial charge >= 0.3 is 0 Å². The first-order valence-electron chi connectivity index (χ1n) is 16.3. The molecule has 3 aromatic heterocycles. The third-order valence-electron chi connectivity index (χ3n) is 9.98. The molecule has 15 heteroatoms. The second-order valence-corrected chi connectivity index (χ2v) is 19.1. The van der Waals surface area contributed by atoms with E-state index in [4.69, 9.17) is 33.7 Å². The van der Waals surface area contributed by atoms with E-state index >= 15 is 0 Å². The average molecular weight is 685 g/mol. The lowest BCUT2D eigenvalue weighted by molar-refractivity contribution is -0.106. The molecule has 0 amide bonds. The number of fused-ring (bicyclic) bond motifs is 1. The van der Waals surface area contributed by atoms with E-state index in [-0.39, 0.29) is 23.9 Å². The predicted molar refractivity (Wildman–Crippen MR) is 183 cm³/mol. The number of aromatic nitrogens is 6. The number of alkyl halides is 2. The average Bonchev–Trinajstić information content (AvgIpc) is 3.76. The molecule has 1 atom stereocenters. The van der Waals surface area contributed by atoms with Gasteiger partial charge in [-0.15, -0.1) is 0 Å². The number of halogens is 2. The van der Waals surface area contributed by atoms with Crippen LogP contribution in [0.3, 0.4) is 0 Å². The zero-order valence-electron chi connectivity index (χ0n) is 29.2. The van der Waals surface area contributed by atoms with Gasteiger partial charge in [0, 0.05) is 31.5 Å². The zero-order chi connectivity index (χ0) is 34.6. The summed E-state index contributed by atoms with van der Waals surface area (Å²) < 4.78 is 54.7. The minimum Gasteiger partial charge on any atom is -0.493 e. The van der Waals surface area contributed by atoms with Crippen molar-refractivity contribution in [2.24, 2.45) is 0 Å². The molecule has 0 spiro atoms. The second kappa shape index (κ2) is 12.5. The van der Waals surface area contributed by atoms with Crippen LogP contribution >= 0.6 is 0 Å². The van der Waals surface area contributed by atoms with Crippen LogP contribution in [-0.2, 0) is 4.43 Å². The van der Waals surface area contributed by atoms with Crippen LogP contribution in [0.5, 0.6) is 17.2 Å². The molecule has 260 valence electrons. The SMILES string of the molecule is COc1cc(-n2cnc(Nc3nc(N4CCCC4CO[Si](C)(C)C(C)(C)C)c4c(C)nn(C5CC(F)(F)C5)c4n3)c2)cc(OC)c1OC. The predicted octanol–water partition coefficient (Wildman–Crippen LogP) is 7.05. The number of benzene rings is 1. The summed E-state index contributed by atoms with van der Waals surface area (Å²) in [6.07, 6.45) is 4.87. The van der Waals surface area contributed by atoms with Gasteiger partial charge in [-0.3, -0.25) is 0 Å². The molecule has 1 saturated carbocycles. The monoisotopic (exact) mass is 684 g/mol. The standard InChI is InChI=1S/C33H46F2N8O4Si/c1-20-27-29(42-12-10-11-21(42)18-47-48(8,9)32(2,3)4)38-31(39-30(27)43(40-20)23-15-33(34,35)16-23)37-26-17-41(19-36-26)22-13-24(44-5)28(46-7)25(14-22)45-6/h13-14,17,19,21,23H,10-12,15-16,18H2,1-9H3,(H,37,38,39). The maximum atomic E-state index is 14.0. The van der Waals surface area contributed by atoms with Crippen molar-refractivity contribution in [1.82, 2.24) is 29.3 Å². The van der Waals surface area contributed by atoms with E-state index in [9.17, 15) is 8.78 Å². The Morgan fingerprint density at radius 1 is 1.04 bits per heavy atom. The molecule has 1 saturated heterocycles. The van der Waals surface area contributed by atoms with Crippen molar-refractivity contribution < 1.29 is 27.4 Å². The van der Waals surface area contributed by atoms with E-state index in [1.807, 2.05) is 23.6 Å². The summed E-state index contributed by atoms with van der Waals surface area (Å²) in [5.74, 6) is 0.328. The van der Waals surface area contributed by atoms with E-state index in [0.717, 1.165) is 36.3 Å². The second-order valence-electron chi connectivity index (χ2n) is 14.3. The van der Waals surface area contributed by atoms with E-state index < -0.39 is 20.3 Å². The Kier molecular flexibility index (Phi) is 8.81. The number of methoxy groups -OCH3 is 3. The van der Waals surface area contributed by atoms with Crippen LogP contribution in [0, 0.1) is 6.92 Å². The van der Waals surface area contributed by atoms with Crippen LogP contribution in [0.1, 0.15) is 58.2 Å². The first kappa shape index (κ1) is 33.9. The van der Waals surface area contributed by atoms with Crippen molar-refractivity contribution in [3.05, 3.63) is 30.4 Å². The number of rotatable bonds is 11. The fraction of sp³-hybridized carbons (Fsp3) is 0.576. The molecule has 2 fully saturated rings. The highest BCUT2D eigenvalue weighted by atomic mass is 28.4. The third-order valence-corrected chi connectivity index (χ3v) is 14.5. The molecule has 0 bridgehead atoms. The Balaban J connectivity index is 1.36. The van der Waals surface area contributed by atoms with Crippen LogP contribution in [0.4, 0.5) is 26.4 Å². The highest BCUT2D eigenvalue weighted by molar-refractivity contribution is 6.74. The molecule has 48 heavy (non-hydrogen) atoms. The minimum absolute atomic E-state index is 0.0871. The number of anilines is 3. The largest absolute Gasteiger partial charge is 0.493 e. The number of ether oxygens (including phenoxy) is 3. The van der Waals surface area contributed by atoms with Crippen LogP contribution in [0.25, 0.3) is 16.7 Å². The van der Waals surface area contributed by atoms with Gasteiger partial charge in [0.15, 0.2) is 31.3 Å². The maximum Gasteiger partial charge on any atom is 0.252 e.